The Morgan fingerprint density at radius 3 is 2.46 bits per heavy atom. The molecule has 0 spiro atoms. The van der Waals surface area contributed by atoms with Gasteiger partial charge in [-0.05, 0) is 42.3 Å². The van der Waals surface area contributed by atoms with Crippen molar-refractivity contribution in [3.8, 4) is 22.4 Å². The van der Waals surface area contributed by atoms with Crippen LogP contribution in [0.25, 0.3) is 22.4 Å². The van der Waals surface area contributed by atoms with E-state index in [2.05, 4.69) is 21.1 Å². The minimum atomic E-state index is -3.68. The van der Waals surface area contributed by atoms with Crippen LogP contribution in [0.5, 0.6) is 0 Å². The van der Waals surface area contributed by atoms with E-state index in [1.807, 2.05) is 25.1 Å². The van der Waals surface area contributed by atoms with Crippen molar-refractivity contribution in [1.29, 1.82) is 0 Å². The Morgan fingerprint density at radius 1 is 1.19 bits per heavy atom. The molecule has 26 heavy (non-hydrogen) atoms. The van der Waals surface area contributed by atoms with Gasteiger partial charge in [0.05, 0.1) is 5.56 Å². The van der Waals surface area contributed by atoms with Crippen LogP contribution in [0.2, 0.25) is 0 Å². The number of rotatable bonds is 4. The maximum atomic E-state index is 14.3. The third-order valence-corrected chi connectivity index (χ3v) is 5.98. The van der Waals surface area contributed by atoms with Gasteiger partial charge in [0, 0.05) is 16.3 Å². The first kappa shape index (κ1) is 18.8. The molecule has 8 heteroatoms. The lowest BCUT2D eigenvalue weighted by Gasteiger charge is -2.08. The minimum absolute atomic E-state index is 0.173. The summed E-state index contributed by atoms with van der Waals surface area (Å²) >= 11 is 3.43. The number of nitrogens with zero attached hydrogens (tertiary/aromatic N) is 1. The number of halogens is 2. The zero-order valence-corrected chi connectivity index (χ0v) is 16.4. The van der Waals surface area contributed by atoms with Crippen LogP contribution in [0, 0.1) is 12.7 Å². The quantitative estimate of drug-likeness (QED) is 0.661. The number of hydrogen-bond acceptors (Lipinski definition) is 5. The highest BCUT2D eigenvalue weighted by atomic mass is 79.9. The molecule has 1 heterocycles. The van der Waals surface area contributed by atoms with Gasteiger partial charge in [-0.15, -0.1) is 0 Å². The normalized spacial score (nSPS) is 11.7. The predicted octanol–water partition coefficient (Wildman–Crippen LogP) is 4.11. The number of aliphatic hydroxyl groups is 1. The number of aromatic nitrogens is 1. The van der Waals surface area contributed by atoms with Crippen LogP contribution in [0.3, 0.4) is 0 Å². The van der Waals surface area contributed by atoms with E-state index >= 15 is 0 Å². The first-order valence-corrected chi connectivity index (χ1v) is 10.3. The monoisotopic (exact) mass is 439 g/mol. The van der Waals surface area contributed by atoms with E-state index in [0.29, 0.717) is 16.8 Å². The Hall–Kier alpha value is -2.03. The van der Waals surface area contributed by atoms with Gasteiger partial charge >= 0.3 is 0 Å². The van der Waals surface area contributed by atoms with Crippen LogP contribution >= 0.6 is 15.9 Å². The molecule has 0 fully saturated rings. The molecule has 0 bridgehead atoms. The predicted molar refractivity (Wildman–Crippen MR) is 98.8 cm³/mol. The molecule has 3 rings (SSSR count). The van der Waals surface area contributed by atoms with E-state index in [1.54, 1.807) is 0 Å². The van der Waals surface area contributed by atoms with Crippen LogP contribution in [-0.2, 0) is 16.4 Å². The zero-order chi connectivity index (χ0) is 19.1. The van der Waals surface area contributed by atoms with Crippen LogP contribution in [-0.4, -0.2) is 24.9 Å². The van der Waals surface area contributed by atoms with Gasteiger partial charge in [-0.3, -0.25) is 0 Å². The van der Waals surface area contributed by atoms with Crippen LogP contribution < -0.4 is 0 Å². The summed E-state index contributed by atoms with van der Waals surface area (Å²) < 4.78 is 43.7. The molecule has 0 radical (unpaired) electrons. The Balaban J connectivity index is 2.20. The fraction of sp³-hybridized carbons (Fsp3) is 0.167. The Morgan fingerprint density at radius 2 is 1.88 bits per heavy atom. The highest BCUT2D eigenvalue weighted by Crippen LogP contribution is 2.37. The molecule has 1 aromatic heterocycles. The average molecular weight is 440 g/mol. The maximum absolute atomic E-state index is 14.3. The van der Waals surface area contributed by atoms with E-state index in [-0.39, 0.29) is 10.7 Å². The molecule has 0 atom stereocenters. The highest BCUT2D eigenvalue weighted by molar-refractivity contribution is 9.10. The number of aliphatic hydroxyl groups excluding tert-OH is 1. The van der Waals surface area contributed by atoms with Crippen molar-refractivity contribution in [2.75, 3.05) is 6.26 Å². The van der Waals surface area contributed by atoms with E-state index in [0.717, 1.165) is 27.9 Å². The van der Waals surface area contributed by atoms with Crippen molar-refractivity contribution < 1.29 is 22.4 Å². The molecule has 0 aliphatic carbocycles. The van der Waals surface area contributed by atoms with Crippen LogP contribution in [0.1, 0.15) is 11.3 Å². The van der Waals surface area contributed by atoms with Gasteiger partial charge < -0.3 is 9.63 Å². The summed E-state index contributed by atoms with van der Waals surface area (Å²) in [7, 11) is -3.68. The first-order valence-electron chi connectivity index (χ1n) is 7.58. The lowest BCUT2D eigenvalue weighted by atomic mass is 9.98. The molecule has 0 saturated heterocycles. The van der Waals surface area contributed by atoms with Gasteiger partial charge in [0.25, 0.3) is 0 Å². The van der Waals surface area contributed by atoms with E-state index in [1.165, 1.54) is 12.1 Å². The third-order valence-electron chi connectivity index (χ3n) is 3.96. The van der Waals surface area contributed by atoms with E-state index in [4.69, 9.17) is 4.52 Å². The first-order chi connectivity index (χ1) is 12.2. The van der Waals surface area contributed by atoms with E-state index < -0.39 is 22.3 Å². The molecule has 0 saturated carbocycles. The number of sulfone groups is 1. The molecular formula is C18H15BrFNO4S. The molecule has 136 valence electrons. The van der Waals surface area contributed by atoms with Crippen LogP contribution in [0.15, 0.2) is 50.3 Å². The summed E-state index contributed by atoms with van der Waals surface area (Å²) in [6, 6.07) is 9.34. The molecule has 1 N–H and O–H groups in total. The highest BCUT2D eigenvalue weighted by Gasteiger charge is 2.22. The molecule has 0 aliphatic heterocycles. The van der Waals surface area contributed by atoms with Gasteiger partial charge in [0.1, 0.15) is 23.0 Å². The zero-order valence-electron chi connectivity index (χ0n) is 14.0. The van der Waals surface area contributed by atoms with Gasteiger partial charge in [-0.2, -0.15) is 0 Å². The number of hydrogen-bond donors (Lipinski definition) is 1. The largest absolute Gasteiger partial charge is 0.388 e. The summed E-state index contributed by atoms with van der Waals surface area (Å²) in [6.45, 7) is 1.49. The number of benzene rings is 2. The third kappa shape index (κ3) is 3.44. The molecular weight excluding hydrogens is 425 g/mol. The lowest BCUT2D eigenvalue weighted by molar-refractivity contribution is 0.230. The van der Waals surface area contributed by atoms with Gasteiger partial charge in [-0.25, -0.2) is 12.8 Å². The second kappa shape index (κ2) is 6.94. The second-order valence-corrected chi connectivity index (χ2v) is 8.71. The molecule has 3 aromatic rings. The second-order valence-electron chi connectivity index (χ2n) is 5.87. The summed E-state index contributed by atoms with van der Waals surface area (Å²) in [4.78, 5) is -0.385. The Labute approximate surface area is 158 Å². The molecule has 0 amide bonds. The minimum Gasteiger partial charge on any atom is -0.388 e. The SMILES string of the molecule is Cc1cc(-c2noc(CO)c2-c2ccc(S(C)(=O)=O)c(F)c2)ccc1Br. The summed E-state index contributed by atoms with van der Waals surface area (Å²) in [5.74, 6) is -0.694. The van der Waals surface area contributed by atoms with Gasteiger partial charge in [0.15, 0.2) is 15.6 Å². The number of aryl methyl sites for hydroxylation is 1. The van der Waals surface area contributed by atoms with Crippen molar-refractivity contribution in [1.82, 2.24) is 5.16 Å². The smallest absolute Gasteiger partial charge is 0.178 e. The molecule has 5 nitrogen and oxygen atoms in total. The van der Waals surface area contributed by atoms with Crippen molar-refractivity contribution in [3.63, 3.8) is 0 Å². The molecule has 0 unspecified atom stereocenters. The van der Waals surface area contributed by atoms with Crippen LogP contribution in [0.4, 0.5) is 4.39 Å². The standard InChI is InChI=1S/C18H15BrFNO4S/c1-10-7-12(3-5-13(10)19)18-17(15(9-22)25-21-18)11-4-6-16(14(20)8-11)26(2,23)24/h3-8,22H,9H2,1-2H3. The summed E-state index contributed by atoms with van der Waals surface area (Å²) in [6.07, 6.45) is 0.944. The average Bonchev–Trinajstić information content (AvgIpc) is 3.00. The maximum Gasteiger partial charge on any atom is 0.178 e. The lowest BCUT2D eigenvalue weighted by Crippen LogP contribution is -2.01. The van der Waals surface area contributed by atoms with Gasteiger partial charge in [0.2, 0.25) is 0 Å². The fourth-order valence-corrected chi connectivity index (χ4v) is 3.65. The Kier molecular flexibility index (Phi) is 5.01. The van der Waals surface area contributed by atoms with E-state index in [9.17, 15) is 17.9 Å². The Bertz CT molecular complexity index is 1090. The summed E-state index contributed by atoms with van der Waals surface area (Å²) in [5, 5.41) is 13.6. The van der Waals surface area contributed by atoms with Gasteiger partial charge in [-0.1, -0.05) is 33.2 Å². The molecule has 2 aromatic carbocycles. The topological polar surface area (TPSA) is 80.4 Å². The fourth-order valence-electron chi connectivity index (χ4n) is 2.68. The van der Waals surface area contributed by atoms with Crippen molar-refractivity contribution in [2.45, 2.75) is 18.4 Å². The summed E-state index contributed by atoms with van der Waals surface area (Å²) in [5.41, 5.74) is 2.94. The molecule has 0 aliphatic rings. The van der Waals surface area contributed by atoms with Crippen molar-refractivity contribution in [3.05, 3.63) is 58.0 Å². The van der Waals surface area contributed by atoms with Crippen molar-refractivity contribution in [2.24, 2.45) is 0 Å². The van der Waals surface area contributed by atoms with Crippen molar-refractivity contribution >= 4 is 25.8 Å².